The van der Waals surface area contributed by atoms with Gasteiger partial charge in [0.25, 0.3) is 0 Å². The van der Waals surface area contributed by atoms with Gasteiger partial charge in [-0.1, -0.05) is 54.1 Å². The molecule has 0 bridgehead atoms. The largest absolute Gasteiger partial charge is 0.241 e. The second kappa shape index (κ2) is 7.65. The van der Waals surface area contributed by atoms with Crippen LogP contribution < -0.4 is 4.72 Å². The lowest BCUT2D eigenvalue weighted by Gasteiger charge is -2.12. The SMILES string of the molecule is Cc1ccc(S(=O)(=O)c2ccc(C)c(S(=O)(=O)NC3CC3c3ccccc3)c2)cc1. The first-order valence-corrected chi connectivity index (χ1v) is 12.6. The van der Waals surface area contributed by atoms with Gasteiger partial charge in [0.15, 0.2) is 0 Å². The zero-order valence-electron chi connectivity index (χ0n) is 16.7. The standard InChI is InChI=1S/C23H23NO4S2/c1-16-8-11-19(12-9-16)29(25,26)20-13-10-17(2)23(14-20)30(27,28)24-22-15-21(22)18-6-4-3-5-7-18/h3-14,21-22,24H,15H2,1-2H3. The maximum Gasteiger partial charge on any atom is 0.241 e. The zero-order valence-corrected chi connectivity index (χ0v) is 18.4. The third kappa shape index (κ3) is 4.05. The van der Waals surface area contributed by atoms with Crippen molar-refractivity contribution < 1.29 is 16.8 Å². The highest BCUT2D eigenvalue weighted by molar-refractivity contribution is 7.91. The molecular formula is C23H23NO4S2. The van der Waals surface area contributed by atoms with Crippen LogP contribution in [0.4, 0.5) is 0 Å². The van der Waals surface area contributed by atoms with Gasteiger partial charge in [-0.15, -0.1) is 0 Å². The molecule has 7 heteroatoms. The number of hydrogen-bond donors (Lipinski definition) is 1. The molecule has 1 aliphatic rings. The molecule has 1 saturated carbocycles. The number of hydrogen-bond acceptors (Lipinski definition) is 4. The van der Waals surface area contributed by atoms with Crippen LogP contribution in [-0.4, -0.2) is 22.9 Å². The molecule has 4 rings (SSSR count). The van der Waals surface area contributed by atoms with Gasteiger partial charge in [0, 0.05) is 12.0 Å². The van der Waals surface area contributed by atoms with Gasteiger partial charge in [0.1, 0.15) is 0 Å². The van der Waals surface area contributed by atoms with E-state index in [1.807, 2.05) is 37.3 Å². The molecule has 0 spiro atoms. The van der Waals surface area contributed by atoms with Crippen LogP contribution in [0.5, 0.6) is 0 Å². The zero-order chi connectivity index (χ0) is 21.5. The predicted molar refractivity (Wildman–Crippen MR) is 116 cm³/mol. The van der Waals surface area contributed by atoms with Crippen molar-refractivity contribution >= 4 is 19.9 Å². The molecule has 30 heavy (non-hydrogen) atoms. The van der Waals surface area contributed by atoms with E-state index in [2.05, 4.69) is 4.72 Å². The maximum absolute atomic E-state index is 13.0. The average Bonchev–Trinajstić information content (AvgIpc) is 3.47. The Morgan fingerprint density at radius 2 is 1.43 bits per heavy atom. The van der Waals surface area contributed by atoms with Crippen LogP contribution in [0, 0.1) is 13.8 Å². The Morgan fingerprint density at radius 3 is 2.10 bits per heavy atom. The molecule has 156 valence electrons. The van der Waals surface area contributed by atoms with Crippen molar-refractivity contribution in [2.45, 2.75) is 46.9 Å². The molecule has 0 heterocycles. The summed E-state index contributed by atoms with van der Waals surface area (Å²) in [5.41, 5.74) is 2.54. The molecular weight excluding hydrogens is 418 g/mol. The summed E-state index contributed by atoms with van der Waals surface area (Å²) in [4.78, 5) is 0.0988. The minimum atomic E-state index is -3.85. The molecule has 0 amide bonds. The molecule has 0 aromatic heterocycles. The Kier molecular flexibility index (Phi) is 5.30. The topological polar surface area (TPSA) is 80.3 Å². The summed E-state index contributed by atoms with van der Waals surface area (Å²) < 4.78 is 54.8. The molecule has 0 aliphatic heterocycles. The van der Waals surface area contributed by atoms with Crippen molar-refractivity contribution in [2.24, 2.45) is 0 Å². The Bertz CT molecular complexity index is 1280. The lowest BCUT2D eigenvalue weighted by atomic mass is 10.1. The van der Waals surface area contributed by atoms with Gasteiger partial charge >= 0.3 is 0 Å². The fraction of sp³-hybridized carbons (Fsp3) is 0.217. The summed E-state index contributed by atoms with van der Waals surface area (Å²) in [5.74, 6) is 0.140. The van der Waals surface area contributed by atoms with Gasteiger partial charge in [-0.25, -0.2) is 21.6 Å². The maximum atomic E-state index is 13.0. The molecule has 0 saturated heterocycles. The van der Waals surface area contributed by atoms with Crippen molar-refractivity contribution in [3.63, 3.8) is 0 Å². The number of sulfonamides is 1. The molecule has 1 N–H and O–H groups in total. The first-order chi connectivity index (χ1) is 14.2. The normalized spacial score (nSPS) is 18.9. The Balaban J connectivity index is 1.62. The Labute approximate surface area is 177 Å². The van der Waals surface area contributed by atoms with Gasteiger partial charge in [0.2, 0.25) is 19.9 Å². The van der Waals surface area contributed by atoms with Crippen LogP contribution in [0.25, 0.3) is 0 Å². The molecule has 0 radical (unpaired) electrons. The molecule has 3 aromatic carbocycles. The number of rotatable bonds is 6. The molecule has 5 nitrogen and oxygen atoms in total. The van der Waals surface area contributed by atoms with Crippen molar-refractivity contribution in [2.75, 3.05) is 0 Å². The third-order valence-corrected chi connectivity index (χ3v) is 8.81. The van der Waals surface area contributed by atoms with E-state index in [-0.39, 0.29) is 26.6 Å². The summed E-state index contributed by atoms with van der Waals surface area (Å²) in [6.07, 6.45) is 0.726. The van der Waals surface area contributed by atoms with E-state index in [4.69, 9.17) is 0 Å². The van der Waals surface area contributed by atoms with Gasteiger partial charge in [-0.3, -0.25) is 0 Å². The van der Waals surface area contributed by atoms with E-state index in [1.165, 1.54) is 30.3 Å². The third-order valence-electron chi connectivity index (χ3n) is 5.42. The van der Waals surface area contributed by atoms with Crippen molar-refractivity contribution in [1.82, 2.24) is 4.72 Å². The number of aryl methyl sites for hydroxylation is 2. The van der Waals surface area contributed by atoms with Crippen molar-refractivity contribution in [3.05, 3.63) is 89.5 Å². The van der Waals surface area contributed by atoms with Crippen molar-refractivity contribution in [3.8, 4) is 0 Å². The Morgan fingerprint density at radius 1 is 0.800 bits per heavy atom. The molecule has 3 aromatic rings. The first kappa shape index (κ1) is 20.8. The molecule has 1 fully saturated rings. The van der Waals surface area contributed by atoms with Crippen LogP contribution in [0.2, 0.25) is 0 Å². The molecule has 1 aliphatic carbocycles. The molecule has 2 unspecified atom stereocenters. The summed E-state index contributed by atoms with van der Waals surface area (Å²) in [6.45, 7) is 3.54. The van der Waals surface area contributed by atoms with Crippen LogP contribution in [0.1, 0.15) is 29.0 Å². The highest BCUT2D eigenvalue weighted by atomic mass is 32.2. The average molecular weight is 442 g/mol. The lowest BCUT2D eigenvalue weighted by molar-refractivity contribution is 0.579. The highest BCUT2D eigenvalue weighted by Gasteiger charge is 2.41. The van der Waals surface area contributed by atoms with Crippen LogP contribution in [0.3, 0.4) is 0 Å². The van der Waals surface area contributed by atoms with Crippen molar-refractivity contribution in [1.29, 1.82) is 0 Å². The summed E-state index contributed by atoms with van der Waals surface area (Å²) >= 11 is 0. The summed E-state index contributed by atoms with van der Waals surface area (Å²) in [7, 11) is -7.67. The second-order valence-electron chi connectivity index (χ2n) is 7.72. The van der Waals surface area contributed by atoms with E-state index in [0.29, 0.717) is 5.56 Å². The Hall–Kier alpha value is -2.48. The van der Waals surface area contributed by atoms with Gasteiger partial charge in [0.05, 0.1) is 14.7 Å². The molecule has 2 atom stereocenters. The van der Waals surface area contributed by atoms with Crippen LogP contribution in [0.15, 0.2) is 87.5 Å². The first-order valence-electron chi connectivity index (χ1n) is 9.68. The van der Waals surface area contributed by atoms with Gasteiger partial charge in [-0.05, 0) is 55.7 Å². The smallest absolute Gasteiger partial charge is 0.219 e. The van der Waals surface area contributed by atoms with E-state index in [0.717, 1.165) is 17.5 Å². The number of sulfone groups is 1. The predicted octanol–water partition coefficient (Wildman–Crippen LogP) is 3.97. The van der Waals surface area contributed by atoms with E-state index in [1.54, 1.807) is 19.1 Å². The fourth-order valence-corrected chi connectivity index (χ4v) is 6.47. The highest BCUT2D eigenvalue weighted by Crippen LogP contribution is 2.41. The summed E-state index contributed by atoms with van der Waals surface area (Å²) in [6, 6.07) is 20.3. The van der Waals surface area contributed by atoms with Gasteiger partial charge < -0.3 is 0 Å². The van der Waals surface area contributed by atoms with Crippen LogP contribution >= 0.6 is 0 Å². The minimum absolute atomic E-state index is 0.00519. The van der Waals surface area contributed by atoms with Gasteiger partial charge in [-0.2, -0.15) is 0 Å². The monoisotopic (exact) mass is 441 g/mol. The quantitative estimate of drug-likeness (QED) is 0.628. The lowest BCUT2D eigenvalue weighted by Crippen LogP contribution is -2.27. The second-order valence-corrected chi connectivity index (χ2v) is 11.4. The summed E-state index contributed by atoms with van der Waals surface area (Å²) in [5, 5.41) is 0. The van der Waals surface area contributed by atoms with Crippen LogP contribution in [-0.2, 0) is 19.9 Å². The number of benzene rings is 3. The minimum Gasteiger partial charge on any atom is -0.219 e. The van der Waals surface area contributed by atoms with E-state index in [9.17, 15) is 16.8 Å². The van der Waals surface area contributed by atoms with E-state index >= 15 is 0 Å². The van der Waals surface area contributed by atoms with E-state index < -0.39 is 19.9 Å². The number of nitrogens with one attached hydrogen (secondary N) is 1. The fourth-order valence-electron chi connectivity index (χ4n) is 3.55.